The van der Waals surface area contributed by atoms with E-state index in [1.807, 2.05) is 13.8 Å². The summed E-state index contributed by atoms with van der Waals surface area (Å²) in [5.41, 5.74) is 0.179. The summed E-state index contributed by atoms with van der Waals surface area (Å²) < 4.78 is 26.5. The van der Waals surface area contributed by atoms with Gasteiger partial charge in [0.05, 0.1) is 11.3 Å². The molecule has 0 aliphatic rings. The summed E-state index contributed by atoms with van der Waals surface area (Å²) in [6.07, 6.45) is 0. The van der Waals surface area contributed by atoms with Crippen molar-refractivity contribution in [3.8, 4) is 0 Å². The number of thioether (sulfide) groups is 1. The summed E-state index contributed by atoms with van der Waals surface area (Å²) >= 11 is 1.15. The number of carbonyl (C=O) groups is 1. The molecule has 1 amide bonds. The average molecular weight is 321 g/mol. The highest BCUT2D eigenvalue weighted by Crippen LogP contribution is 2.23. The summed E-state index contributed by atoms with van der Waals surface area (Å²) in [6.45, 7) is 3.68. The van der Waals surface area contributed by atoms with Crippen LogP contribution >= 0.6 is 11.8 Å². The topological polar surface area (TPSA) is 29.1 Å². The Bertz CT molecular complexity index is 656. The average Bonchev–Trinajstić information content (AvgIpc) is 2.46. The van der Waals surface area contributed by atoms with Crippen LogP contribution in [0.5, 0.6) is 0 Å². The molecule has 5 heteroatoms. The Kier molecular flexibility index (Phi) is 5.19. The Balaban J connectivity index is 1.96. The van der Waals surface area contributed by atoms with Crippen molar-refractivity contribution < 1.29 is 13.6 Å². The lowest BCUT2D eigenvalue weighted by Gasteiger charge is -2.27. The highest BCUT2D eigenvalue weighted by atomic mass is 32.2. The summed E-state index contributed by atoms with van der Waals surface area (Å²) in [6, 6.07) is 12.3. The first-order valence-electron chi connectivity index (χ1n) is 6.83. The molecule has 2 aromatic carbocycles. The van der Waals surface area contributed by atoms with E-state index in [1.165, 1.54) is 18.2 Å². The van der Waals surface area contributed by atoms with Gasteiger partial charge in [-0.15, -0.1) is 11.8 Å². The van der Waals surface area contributed by atoms with Gasteiger partial charge in [-0.25, -0.2) is 8.78 Å². The van der Waals surface area contributed by atoms with Crippen molar-refractivity contribution in [2.24, 2.45) is 0 Å². The lowest BCUT2D eigenvalue weighted by atomic mass is 9.94. The molecule has 0 fully saturated rings. The number of hydrogen-bond acceptors (Lipinski definition) is 2. The molecular formula is C17H17F2NOS. The van der Waals surface area contributed by atoms with Crippen LogP contribution in [0.2, 0.25) is 0 Å². The fraction of sp³-hybridized carbons (Fsp3) is 0.235. The van der Waals surface area contributed by atoms with Crippen molar-refractivity contribution in [2.45, 2.75) is 24.3 Å². The van der Waals surface area contributed by atoms with E-state index in [2.05, 4.69) is 5.32 Å². The Hall–Kier alpha value is -1.88. The fourth-order valence-corrected chi connectivity index (χ4v) is 2.77. The second kappa shape index (κ2) is 6.92. The van der Waals surface area contributed by atoms with E-state index >= 15 is 0 Å². The van der Waals surface area contributed by atoms with Gasteiger partial charge in [0, 0.05) is 4.90 Å². The molecule has 0 radical (unpaired) electrons. The maximum Gasteiger partial charge on any atom is 0.231 e. The summed E-state index contributed by atoms with van der Waals surface area (Å²) in [5.74, 6) is -0.743. The number of nitrogens with one attached hydrogen (secondary N) is 1. The largest absolute Gasteiger partial charge is 0.346 e. The quantitative estimate of drug-likeness (QED) is 0.840. The van der Waals surface area contributed by atoms with Crippen molar-refractivity contribution in [3.05, 3.63) is 65.7 Å². The molecule has 0 aromatic heterocycles. The molecule has 0 heterocycles. The third-order valence-electron chi connectivity index (χ3n) is 3.21. The first-order valence-corrected chi connectivity index (χ1v) is 7.81. The van der Waals surface area contributed by atoms with E-state index in [0.717, 1.165) is 17.3 Å². The predicted molar refractivity (Wildman–Crippen MR) is 84.7 cm³/mol. The monoisotopic (exact) mass is 321 g/mol. The Morgan fingerprint density at radius 1 is 1.09 bits per heavy atom. The minimum absolute atomic E-state index is 0.117. The Morgan fingerprint density at radius 3 is 2.36 bits per heavy atom. The van der Waals surface area contributed by atoms with Gasteiger partial charge in [0.15, 0.2) is 0 Å². The number of benzene rings is 2. The van der Waals surface area contributed by atoms with Gasteiger partial charge < -0.3 is 5.32 Å². The number of hydrogen-bond donors (Lipinski definition) is 1. The zero-order valence-corrected chi connectivity index (χ0v) is 13.2. The van der Waals surface area contributed by atoms with E-state index in [0.29, 0.717) is 4.90 Å². The van der Waals surface area contributed by atoms with Crippen LogP contribution in [0.4, 0.5) is 8.78 Å². The highest BCUT2D eigenvalue weighted by Gasteiger charge is 2.22. The van der Waals surface area contributed by atoms with E-state index in [4.69, 9.17) is 0 Å². The van der Waals surface area contributed by atoms with E-state index in [-0.39, 0.29) is 23.3 Å². The van der Waals surface area contributed by atoms with Gasteiger partial charge >= 0.3 is 0 Å². The van der Waals surface area contributed by atoms with Gasteiger partial charge in [-0.2, -0.15) is 0 Å². The predicted octanol–water partition coefficient (Wildman–Crippen LogP) is 4.11. The normalized spacial score (nSPS) is 11.3. The summed E-state index contributed by atoms with van der Waals surface area (Å²) in [5, 5.41) is 2.88. The van der Waals surface area contributed by atoms with Gasteiger partial charge in [0.2, 0.25) is 5.91 Å². The lowest BCUT2D eigenvalue weighted by Crippen LogP contribution is -2.41. The third-order valence-corrected chi connectivity index (χ3v) is 4.26. The highest BCUT2D eigenvalue weighted by molar-refractivity contribution is 8.00. The molecule has 2 aromatic rings. The molecule has 0 aliphatic heterocycles. The van der Waals surface area contributed by atoms with Gasteiger partial charge in [-0.05, 0) is 43.7 Å². The zero-order chi connectivity index (χ0) is 16.2. The molecule has 0 atom stereocenters. The molecule has 0 unspecified atom stereocenters. The molecule has 22 heavy (non-hydrogen) atoms. The molecule has 0 saturated heterocycles. The molecule has 0 spiro atoms. The zero-order valence-electron chi connectivity index (χ0n) is 12.4. The first kappa shape index (κ1) is 16.5. The fourth-order valence-electron chi connectivity index (χ4n) is 2.03. The van der Waals surface area contributed by atoms with Gasteiger partial charge in [0.1, 0.15) is 11.6 Å². The summed E-state index contributed by atoms with van der Waals surface area (Å²) in [7, 11) is 0. The molecular weight excluding hydrogens is 304 g/mol. The second-order valence-electron chi connectivity index (χ2n) is 5.40. The number of carbonyl (C=O) groups excluding carboxylic acids is 1. The van der Waals surface area contributed by atoms with Crippen molar-refractivity contribution in [1.82, 2.24) is 5.32 Å². The maximum absolute atomic E-state index is 13.5. The van der Waals surface area contributed by atoms with Crippen molar-refractivity contribution in [3.63, 3.8) is 0 Å². The minimum Gasteiger partial charge on any atom is -0.346 e. The molecule has 1 N–H and O–H groups in total. The van der Waals surface area contributed by atoms with Gasteiger partial charge in [-0.3, -0.25) is 4.79 Å². The van der Waals surface area contributed by atoms with Crippen LogP contribution in [0.3, 0.4) is 0 Å². The van der Waals surface area contributed by atoms with Gasteiger partial charge in [0.25, 0.3) is 0 Å². The number of halogens is 2. The van der Waals surface area contributed by atoms with Crippen molar-refractivity contribution in [2.75, 3.05) is 5.75 Å². The molecule has 2 nitrogen and oxygen atoms in total. The van der Waals surface area contributed by atoms with Gasteiger partial charge in [-0.1, -0.05) is 24.3 Å². The summed E-state index contributed by atoms with van der Waals surface area (Å²) in [4.78, 5) is 12.5. The molecule has 0 aliphatic carbocycles. The van der Waals surface area contributed by atoms with E-state index in [1.54, 1.807) is 30.3 Å². The number of amides is 1. The van der Waals surface area contributed by atoms with Crippen molar-refractivity contribution in [1.29, 1.82) is 0 Å². The van der Waals surface area contributed by atoms with Crippen LogP contribution < -0.4 is 5.32 Å². The molecule has 0 bridgehead atoms. The second-order valence-corrected chi connectivity index (χ2v) is 6.42. The first-order chi connectivity index (χ1) is 10.4. The SMILES string of the molecule is CC(C)(NC(=O)CSc1ccccc1F)c1ccc(F)cc1. The Labute approximate surface area is 132 Å². The van der Waals surface area contributed by atoms with Crippen LogP contribution in [-0.2, 0) is 10.3 Å². The maximum atomic E-state index is 13.5. The van der Waals surface area contributed by atoms with Crippen LogP contribution in [0, 0.1) is 11.6 Å². The van der Waals surface area contributed by atoms with Crippen LogP contribution in [0.1, 0.15) is 19.4 Å². The standard InChI is InChI=1S/C17H17F2NOS/c1-17(2,12-7-9-13(18)10-8-12)20-16(21)11-22-15-6-4-3-5-14(15)19/h3-10H,11H2,1-2H3,(H,20,21). The molecule has 0 saturated carbocycles. The van der Waals surface area contributed by atoms with E-state index < -0.39 is 5.54 Å². The van der Waals surface area contributed by atoms with Crippen LogP contribution in [0.15, 0.2) is 53.4 Å². The smallest absolute Gasteiger partial charge is 0.231 e. The Morgan fingerprint density at radius 2 is 1.73 bits per heavy atom. The molecule has 2 rings (SSSR count). The van der Waals surface area contributed by atoms with Crippen LogP contribution in [0.25, 0.3) is 0 Å². The van der Waals surface area contributed by atoms with E-state index in [9.17, 15) is 13.6 Å². The van der Waals surface area contributed by atoms with Crippen LogP contribution in [-0.4, -0.2) is 11.7 Å². The number of rotatable bonds is 5. The van der Waals surface area contributed by atoms with Crippen molar-refractivity contribution >= 4 is 17.7 Å². The lowest BCUT2D eigenvalue weighted by molar-refractivity contribution is -0.120. The molecule has 116 valence electrons. The minimum atomic E-state index is -0.624. The third kappa shape index (κ3) is 4.31.